The summed E-state index contributed by atoms with van der Waals surface area (Å²) in [5.41, 5.74) is 4.37. The first-order chi connectivity index (χ1) is 15.5. The van der Waals surface area contributed by atoms with Crippen LogP contribution in [0.3, 0.4) is 0 Å². The number of alkyl halides is 3. The van der Waals surface area contributed by atoms with Crippen LogP contribution in [-0.4, -0.2) is 52.7 Å². The van der Waals surface area contributed by atoms with Crippen molar-refractivity contribution in [2.75, 3.05) is 18.5 Å². The largest absolute Gasteiger partial charge is 0.465 e. The number of nitrogens with zero attached hydrogens (tertiary/aromatic N) is 3. The van der Waals surface area contributed by atoms with E-state index < -0.39 is 23.4 Å². The van der Waals surface area contributed by atoms with Gasteiger partial charge >= 0.3 is 12.3 Å². The number of carbonyl (C=O) groups excluding carboxylic acids is 1. The monoisotopic (exact) mass is 466 g/mol. The van der Waals surface area contributed by atoms with Crippen molar-refractivity contribution in [3.63, 3.8) is 0 Å². The SMILES string of the molecule is CN(c1cccc(C(F)(F)F)n1)C1CCN(C(=O)O)C1C1C2CC3C[C@H]1C[C@@](C(N)=O)(C3)C2. The predicted molar refractivity (Wildman–Crippen MR) is 113 cm³/mol. The number of hydrogen-bond donors (Lipinski definition) is 2. The van der Waals surface area contributed by atoms with Gasteiger partial charge in [0.1, 0.15) is 11.5 Å². The summed E-state index contributed by atoms with van der Waals surface area (Å²) in [6.45, 7) is 0.328. The van der Waals surface area contributed by atoms with Gasteiger partial charge in [0.15, 0.2) is 0 Å². The number of nitrogens with two attached hydrogens (primary N) is 1. The van der Waals surface area contributed by atoms with Gasteiger partial charge < -0.3 is 20.6 Å². The van der Waals surface area contributed by atoms with Crippen LogP contribution >= 0.6 is 0 Å². The van der Waals surface area contributed by atoms with E-state index in [1.165, 1.54) is 17.0 Å². The van der Waals surface area contributed by atoms with Crippen molar-refractivity contribution in [3.05, 3.63) is 23.9 Å². The number of primary amides is 1. The normalized spacial score (nSPS) is 37.4. The quantitative estimate of drug-likeness (QED) is 0.707. The second kappa shape index (κ2) is 7.50. The van der Waals surface area contributed by atoms with Crippen molar-refractivity contribution < 1.29 is 27.9 Å². The predicted octanol–water partition coefficient (Wildman–Crippen LogP) is 3.59. The summed E-state index contributed by atoms with van der Waals surface area (Å²) in [4.78, 5) is 31.5. The molecule has 6 rings (SSSR count). The Morgan fingerprint density at radius 2 is 1.88 bits per heavy atom. The lowest BCUT2D eigenvalue weighted by Crippen LogP contribution is -2.62. The van der Waals surface area contributed by atoms with Gasteiger partial charge in [-0.2, -0.15) is 13.2 Å². The molecular weight excluding hydrogens is 437 g/mol. The molecule has 4 saturated carbocycles. The van der Waals surface area contributed by atoms with Crippen molar-refractivity contribution in [1.82, 2.24) is 9.88 Å². The number of carboxylic acid groups (broad SMARTS) is 1. The first-order valence-corrected chi connectivity index (χ1v) is 11.6. The maximum absolute atomic E-state index is 13.2. The van der Waals surface area contributed by atoms with Crippen molar-refractivity contribution in [2.45, 2.75) is 56.8 Å². The summed E-state index contributed by atoms with van der Waals surface area (Å²) in [6, 6.07) is 3.16. The third kappa shape index (κ3) is 3.52. The van der Waals surface area contributed by atoms with E-state index in [9.17, 15) is 27.9 Å². The number of anilines is 1. The van der Waals surface area contributed by atoms with Crippen LogP contribution in [0.4, 0.5) is 23.8 Å². The van der Waals surface area contributed by atoms with Crippen molar-refractivity contribution in [1.29, 1.82) is 0 Å². The second-order valence-corrected chi connectivity index (χ2v) is 10.5. The molecule has 4 bridgehead atoms. The molecule has 1 saturated heterocycles. The van der Waals surface area contributed by atoms with Gasteiger partial charge in [-0.1, -0.05) is 6.07 Å². The molecule has 5 aliphatic rings. The van der Waals surface area contributed by atoms with Crippen LogP contribution in [0.15, 0.2) is 18.2 Å². The molecule has 2 heterocycles. The molecule has 1 aromatic heterocycles. The summed E-state index contributed by atoms with van der Waals surface area (Å²) >= 11 is 0. The van der Waals surface area contributed by atoms with Gasteiger partial charge in [0, 0.05) is 19.0 Å². The van der Waals surface area contributed by atoms with Crippen LogP contribution in [0.25, 0.3) is 0 Å². The average Bonchev–Trinajstić information content (AvgIpc) is 3.17. The van der Waals surface area contributed by atoms with Gasteiger partial charge in [0.2, 0.25) is 5.91 Å². The van der Waals surface area contributed by atoms with Crippen LogP contribution in [0.5, 0.6) is 0 Å². The number of rotatable bonds is 4. The van der Waals surface area contributed by atoms with Crippen molar-refractivity contribution >= 4 is 17.8 Å². The van der Waals surface area contributed by atoms with Gasteiger partial charge in [0.05, 0.1) is 12.1 Å². The van der Waals surface area contributed by atoms with E-state index in [0.717, 1.165) is 25.3 Å². The molecule has 10 heteroatoms. The minimum atomic E-state index is -4.55. The fourth-order valence-electron chi connectivity index (χ4n) is 7.78. The Morgan fingerprint density at radius 1 is 1.21 bits per heavy atom. The number of likely N-dealkylation sites (N-methyl/N-ethyl adjacent to an activating group) is 1. The van der Waals surface area contributed by atoms with E-state index in [2.05, 4.69) is 4.98 Å². The van der Waals surface area contributed by atoms with E-state index in [1.807, 2.05) is 0 Å². The van der Waals surface area contributed by atoms with Gasteiger partial charge in [-0.25, -0.2) is 9.78 Å². The third-order valence-corrected chi connectivity index (χ3v) is 8.81. The minimum Gasteiger partial charge on any atom is -0.465 e. The minimum absolute atomic E-state index is 0.0610. The Bertz CT molecular complexity index is 955. The number of pyridine rings is 1. The Hall–Kier alpha value is -2.52. The summed E-state index contributed by atoms with van der Waals surface area (Å²) in [5.74, 6) is 0.824. The van der Waals surface area contributed by atoms with E-state index in [0.29, 0.717) is 31.7 Å². The fraction of sp³-hybridized carbons (Fsp3) is 0.696. The zero-order chi connectivity index (χ0) is 23.7. The molecule has 180 valence electrons. The fourth-order valence-corrected chi connectivity index (χ4v) is 7.78. The number of amides is 2. The van der Waals surface area contributed by atoms with Crippen molar-refractivity contribution in [3.8, 4) is 0 Å². The maximum Gasteiger partial charge on any atom is 0.433 e. The topological polar surface area (TPSA) is 99.8 Å². The second-order valence-electron chi connectivity index (χ2n) is 10.5. The van der Waals surface area contributed by atoms with Crippen molar-refractivity contribution in [2.24, 2.45) is 34.8 Å². The Balaban J connectivity index is 1.48. The highest BCUT2D eigenvalue weighted by Gasteiger charge is 2.61. The highest BCUT2D eigenvalue weighted by molar-refractivity contribution is 5.81. The van der Waals surface area contributed by atoms with Gasteiger partial charge in [-0.3, -0.25) is 4.79 Å². The molecule has 4 aliphatic carbocycles. The van der Waals surface area contributed by atoms with Gasteiger partial charge in [0.25, 0.3) is 0 Å². The van der Waals surface area contributed by atoms with Crippen LogP contribution < -0.4 is 10.6 Å². The van der Waals surface area contributed by atoms with Gasteiger partial charge in [-0.05, 0) is 74.3 Å². The lowest BCUT2D eigenvalue weighted by Gasteiger charge is -2.61. The number of hydrogen-bond acceptors (Lipinski definition) is 4. The van der Waals surface area contributed by atoms with Crippen LogP contribution in [0.2, 0.25) is 0 Å². The average molecular weight is 467 g/mol. The first-order valence-electron chi connectivity index (χ1n) is 11.6. The first kappa shape index (κ1) is 22.3. The Kier molecular flexibility index (Phi) is 5.06. The molecule has 0 spiro atoms. The molecular formula is C23H29F3N4O3. The van der Waals surface area contributed by atoms with Crippen LogP contribution in [-0.2, 0) is 11.0 Å². The van der Waals surface area contributed by atoms with Crippen LogP contribution in [0.1, 0.15) is 44.2 Å². The molecule has 1 aromatic rings. The summed E-state index contributed by atoms with van der Waals surface area (Å²) in [6.07, 6.45) is -0.935. The maximum atomic E-state index is 13.2. The molecule has 3 N–H and O–H groups in total. The number of carbonyl (C=O) groups is 2. The molecule has 33 heavy (non-hydrogen) atoms. The highest BCUT2D eigenvalue weighted by atomic mass is 19.4. The number of likely N-dealkylation sites (tertiary alicyclic amines) is 1. The molecule has 2 amide bonds. The summed E-state index contributed by atoms with van der Waals surface area (Å²) < 4.78 is 39.7. The standard InChI is InChI=1S/C23H29F3N4O3/c1-29(17-4-2-3-16(28-17)23(24,25)26)15-5-6-30(21(32)33)19(15)18-13-7-12-8-14(18)11-22(9-12,10-13)20(27)31/h2-4,12-15,18-19H,5-11H2,1H3,(H2,27,31)(H,32,33)/t12?,13-,14?,15?,18?,19?,22-/m0/s1. The molecule has 0 radical (unpaired) electrons. The molecule has 5 unspecified atom stereocenters. The lowest BCUT2D eigenvalue weighted by molar-refractivity contribution is -0.154. The van der Waals surface area contributed by atoms with Crippen LogP contribution in [0, 0.1) is 29.1 Å². The summed E-state index contributed by atoms with van der Waals surface area (Å²) in [7, 11) is 1.70. The summed E-state index contributed by atoms with van der Waals surface area (Å²) in [5, 5.41) is 9.97. The van der Waals surface area contributed by atoms with Gasteiger partial charge in [-0.15, -0.1) is 0 Å². The number of aromatic nitrogens is 1. The Morgan fingerprint density at radius 3 is 2.45 bits per heavy atom. The molecule has 7 nitrogen and oxygen atoms in total. The van der Waals surface area contributed by atoms with E-state index in [1.54, 1.807) is 11.9 Å². The Labute approximate surface area is 190 Å². The van der Waals surface area contributed by atoms with E-state index in [-0.39, 0.29) is 41.6 Å². The smallest absolute Gasteiger partial charge is 0.433 e. The molecule has 5 fully saturated rings. The zero-order valence-electron chi connectivity index (χ0n) is 18.5. The molecule has 0 aromatic carbocycles. The lowest BCUT2D eigenvalue weighted by atomic mass is 9.44. The van der Waals surface area contributed by atoms with E-state index in [4.69, 9.17) is 5.73 Å². The molecule has 1 aliphatic heterocycles. The highest BCUT2D eigenvalue weighted by Crippen LogP contribution is 2.64. The third-order valence-electron chi connectivity index (χ3n) is 8.81. The zero-order valence-corrected chi connectivity index (χ0v) is 18.5. The van der Waals surface area contributed by atoms with E-state index >= 15 is 0 Å². The number of halogens is 3. The molecule has 7 atom stereocenters.